The van der Waals surface area contributed by atoms with Gasteiger partial charge in [0.2, 0.25) is 0 Å². The number of β-amino-alcohol motifs (C(OH)–C–C–N with tert-alkyl or cyclic N) is 1. The maximum absolute atomic E-state index is 12.9. The van der Waals surface area contributed by atoms with Gasteiger partial charge >= 0.3 is 6.61 Å². The van der Waals surface area contributed by atoms with Crippen LogP contribution in [0.2, 0.25) is 0 Å². The van der Waals surface area contributed by atoms with Crippen LogP contribution in [0.15, 0.2) is 54.6 Å². The molecule has 0 unspecified atom stereocenters. The summed E-state index contributed by atoms with van der Waals surface area (Å²) in [6.45, 7) is -2.12. The molecule has 1 aliphatic heterocycles. The number of benzene rings is 2. The van der Waals surface area contributed by atoms with E-state index in [0.717, 1.165) is 5.56 Å². The number of hydrogen-bond donors (Lipinski definition) is 3. The van der Waals surface area contributed by atoms with Crippen LogP contribution in [0.3, 0.4) is 0 Å². The van der Waals surface area contributed by atoms with E-state index in [1.54, 1.807) is 6.07 Å². The molecule has 3 rings (SSSR count). The molecule has 0 saturated carbocycles. The molecule has 0 aromatic heterocycles. The Balaban J connectivity index is 0.00000261. The fourth-order valence-electron chi connectivity index (χ4n) is 3.28. The molecule has 5 nitrogen and oxygen atoms in total. The van der Waals surface area contributed by atoms with Crippen molar-refractivity contribution >= 4 is 18.3 Å². The zero-order chi connectivity index (χ0) is 18.6. The van der Waals surface area contributed by atoms with Crippen molar-refractivity contribution in [3.63, 3.8) is 0 Å². The van der Waals surface area contributed by atoms with Gasteiger partial charge in [-0.05, 0) is 30.7 Å². The Kier molecular flexibility index (Phi) is 7.12. The molecule has 2 aromatic rings. The average Bonchev–Trinajstić information content (AvgIpc) is 2.64. The van der Waals surface area contributed by atoms with Crippen molar-refractivity contribution in [3.05, 3.63) is 65.7 Å². The minimum absolute atomic E-state index is 0. The fraction of sp³-hybridized carbons (Fsp3) is 0.316. The van der Waals surface area contributed by atoms with E-state index in [9.17, 15) is 18.7 Å². The molecule has 0 bridgehead atoms. The zero-order valence-electron chi connectivity index (χ0n) is 14.4. The molecule has 1 saturated heterocycles. The van der Waals surface area contributed by atoms with Gasteiger partial charge in [-0.15, -0.1) is 12.4 Å². The third-order valence-electron chi connectivity index (χ3n) is 4.58. The monoisotopic (exact) mass is 398 g/mol. The SMILES string of the molecule is Cl.O=C(N[C@]1(c2ccccc2)CCNC[C@H]1O)c1ccccc1OC(F)F. The Morgan fingerprint density at radius 2 is 1.85 bits per heavy atom. The van der Waals surface area contributed by atoms with Gasteiger partial charge in [0.05, 0.1) is 17.2 Å². The lowest BCUT2D eigenvalue weighted by Crippen LogP contribution is -2.61. The Morgan fingerprint density at radius 1 is 1.19 bits per heavy atom. The second kappa shape index (κ2) is 9.12. The summed E-state index contributed by atoms with van der Waals surface area (Å²) in [7, 11) is 0. The van der Waals surface area contributed by atoms with Gasteiger partial charge in [0.15, 0.2) is 0 Å². The number of alkyl halides is 2. The van der Waals surface area contributed by atoms with E-state index in [0.29, 0.717) is 19.5 Å². The number of halogens is 3. The number of para-hydroxylation sites is 1. The van der Waals surface area contributed by atoms with Crippen LogP contribution in [-0.4, -0.2) is 36.8 Å². The first-order valence-corrected chi connectivity index (χ1v) is 8.33. The van der Waals surface area contributed by atoms with Crippen LogP contribution in [0.5, 0.6) is 5.75 Å². The summed E-state index contributed by atoms with van der Waals surface area (Å²) in [5.74, 6) is -0.780. The molecular formula is C19H21ClF2N2O3. The van der Waals surface area contributed by atoms with E-state index in [1.165, 1.54) is 18.2 Å². The smallest absolute Gasteiger partial charge is 0.387 e. The molecule has 0 aliphatic carbocycles. The number of piperidine rings is 1. The third kappa shape index (κ3) is 4.55. The lowest BCUT2D eigenvalue weighted by molar-refractivity contribution is -0.0502. The summed E-state index contributed by atoms with van der Waals surface area (Å²) in [5, 5.41) is 16.6. The van der Waals surface area contributed by atoms with Crippen LogP contribution in [0.4, 0.5) is 8.78 Å². The summed E-state index contributed by atoms with van der Waals surface area (Å²) in [6.07, 6.45) is -0.410. The Labute approximate surface area is 162 Å². The predicted molar refractivity (Wildman–Crippen MR) is 99.4 cm³/mol. The highest BCUT2D eigenvalue weighted by Gasteiger charge is 2.43. The van der Waals surface area contributed by atoms with E-state index in [2.05, 4.69) is 15.4 Å². The molecule has 27 heavy (non-hydrogen) atoms. The van der Waals surface area contributed by atoms with E-state index < -0.39 is 24.2 Å². The Hall–Kier alpha value is -2.22. The number of ether oxygens (including phenoxy) is 1. The summed E-state index contributed by atoms with van der Waals surface area (Å²) in [6, 6.07) is 15.0. The fourth-order valence-corrected chi connectivity index (χ4v) is 3.28. The largest absolute Gasteiger partial charge is 0.434 e. The van der Waals surface area contributed by atoms with Gasteiger partial charge in [0, 0.05) is 6.54 Å². The van der Waals surface area contributed by atoms with Crippen molar-refractivity contribution in [2.45, 2.75) is 24.7 Å². The lowest BCUT2D eigenvalue weighted by Gasteiger charge is -2.43. The number of aliphatic hydroxyl groups excluding tert-OH is 1. The first kappa shape index (κ1) is 21.1. The number of hydrogen-bond acceptors (Lipinski definition) is 4. The summed E-state index contributed by atoms with van der Waals surface area (Å²) < 4.78 is 29.7. The first-order chi connectivity index (χ1) is 12.5. The number of aliphatic hydroxyl groups is 1. The maximum atomic E-state index is 12.9. The van der Waals surface area contributed by atoms with Crippen LogP contribution in [0.25, 0.3) is 0 Å². The molecule has 2 aromatic carbocycles. The quantitative estimate of drug-likeness (QED) is 0.724. The predicted octanol–water partition coefficient (Wildman–Crippen LogP) is 2.69. The van der Waals surface area contributed by atoms with Crippen molar-refractivity contribution in [3.8, 4) is 5.75 Å². The molecule has 2 atom stereocenters. The van der Waals surface area contributed by atoms with Gasteiger partial charge in [-0.2, -0.15) is 8.78 Å². The van der Waals surface area contributed by atoms with Gasteiger partial charge in [0.25, 0.3) is 5.91 Å². The number of amides is 1. The lowest BCUT2D eigenvalue weighted by atomic mass is 9.79. The number of carbonyl (C=O) groups is 1. The van der Waals surface area contributed by atoms with Crippen LogP contribution in [0, 0.1) is 0 Å². The molecule has 146 valence electrons. The summed E-state index contributed by atoms with van der Waals surface area (Å²) >= 11 is 0. The normalized spacial score (nSPS) is 22.0. The molecule has 1 heterocycles. The molecule has 1 fully saturated rings. The minimum Gasteiger partial charge on any atom is -0.434 e. The van der Waals surface area contributed by atoms with Crippen LogP contribution in [-0.2, 0) is 5.54 Å². The Morgan fingerprint density at radius 3 is 2.52 bits per heavy atom. The number of nitrogens with one attached hydrogen (secondary N) is 2. The van der Waals surface area contributed by atoms with E-state index in [1.807, 2.05) is 30.3 Å². The van der Waals surface area contributed by atoms with Crippen molar-refractivity contribution in [1.29, 1.82) is 0 Å². The topological polar surface area (TPSA) is 70.6 Å². The summed E-state index contributed by atoms with van der Waals surface area (Å²) in [4.78, 5) is 12.9. The van der Waals surface area contributed by atoms with Crippen molar-refractivity contribution in [2.24, 2.45) is 0 Å². The van der Waals surface area contributed by atoms with Crippen LogP contribution < -0.4 is 15.4 Å². The third-order valence-corrected chi connectivity index (χ3v) is 4.58. The van der Waals surface area contributed by atoms with E-state index in [4.69, 9.17) is 0 Å². The number of carbonyl (C=O) groups excluding carboxylic acids is 1. The zero-order valence-corrected chi connectivity index (χ0v) is 15.2. The first-order valence-electron chi connectivity index (χ1n) is 8.33. The highest BCUT2D eigenvalue weighted by Crippen LogP contribution is 2.32. The van der Waals surface area contributed by atoms with Gasteiger partial charge in [0.1, 0.15) is 5.75 Å². The minimum atomic E-state index is -3.03. The van der Waals surface area contributed by atoms with E-state index in [-0.39, 0.29) is 23.7 Å². The van der Waals surface area contributed by atoms with Gasteiger partial charge in [-0.3, -0.25) is 4.79 Å². The van der Waals surface area contributed by atoms with Crippen molar-refractivity contribution < 1.29 is 23.4 Å². The van der Waals surface area contributed by atoms with Crippen molar-refractivity contribution in [2.75, 3.05) is 13.1 Å². The standard InChI is InChI=1S/C19H20F2N2O3.ClH/c20-18(21)26-15-9-5-4-8-14(15)17(25)23-19(10-11-22-12-16(19)24)13-6-2-1-3-7-13;/h1-9,16,18,22,24H,10-12H2,(H,23,25);1H/t16-,19+;/m1./s1. The average molecular weight is 399 g/mol. The maximum Gasteiger partial charge on any atom is 0.387 e. The Bertz CT molecular complexity index is 764. The molecule has 0 spiro atoms. The number of rotatable bonds is 5. The molecule has 1 amide bonds. The van der Waals surface area contributed by atoms with Crippen LogP contribution in [0.1, 0.15) is 22.3 Å². The molecule has 1 aliphatic rings. The molecular weight excluding hydrogens is 378 g/mol. The highest BCUT2D eigenvalue weighted by molar-refractivity contribution is 5.97. The molecule has 3 N–H and O–H groups in total. The molecule has 8 heteroatoms. The second-order valence-electron chi connectivity index (χ2n) is 6.14. The van der Waals surface area contributed by atoms with Crippen molar-refractivity contribution in [1.82, 2.24) is 10.6 Å². The van der Waals surface area contributed by atoms with Crippen LogP contribution >= 0.6 is 12.4 Å². The van der Waals surface area contributed by atoms with Gasteiger partial charge in [-0.25, -0.2) is 0 Å². The van der Waals surface area contributed by atoms with E-state index >= 15 is 0 Å². The second-order valence-corrected chi connectivity index (χ2v) is 6.14. The highest BCUT2D eigenvalue weighted by atomic mass is 35.5. The van der Waals surface area contributed by atoms with Gasteiger partial charge in [-0.1, -0.05) is 42.5 Å². The molecule has 0 radical (unpaired) electrons. The summed E-state index contributed by atoms with van der Waals surface area (Å²) in [5.41, 5.74) is -0.259. The van der Waals surface area contributed by atoms with Gasteiger partial charge < -0.3 is 20.5 Å².